The van der Waals surface area contributed by atoms with Gasteiger partial charge in [0.15, 0.2) is 6.29 Å². The number of rotatable bonds is 34. The van der Waals surface area contributed by atoms with Crippen LogP contribution in [0.1, 0.15) is 149 Å². The molecular weight excluding hydrogens is 707 g/mol. The standard InChI is InChI=1S/C47H79NO8/c1-3-5-7-9-11-13-15-16-17-18-19-20-21-22-23-24-25-26-27-29-31-33-35-37-43(51)48-40(39-55-47-46(54)45(53)44(52)42(38-49)56-47)41(50)36-34-32-30-28-14-12-10-8-6-4-2/h5,7,11,13,16-17,19-20,22-23,25-26,29,31,40-42,44-47,49-50,52-54H,3-4,6,8-10,12,14-15,18,21,24,27-28,30,32-39H2,1-2H3,(H,48,51)/b7-5-,13-11-,17-16-,20-19-,23-22-,26-25-,31-29-. The molecule has 1 heterocycles. The summed E-state index contributed by atoms with van der Waals surface area (Å²) in [6.07, 6.45) is 43.1. The lowest BCUT2D eigenvalue weighted by Gasteiger charge is -2.40. The van der Waals surface area contributed by atoms with E-state index in [0.717, 1.165) is 70.6 Å². The Morgan fingerprint density at radius 2 is 1.09 bits per heavy atom. The van der Waals surface area contributed by atoms with Crippen molar-refractivity contribution in [3.05, 3.63) is 85.1 Å². The molecule has 56 heavy (non-hydrogen) atoms. The summed E-state index contributed by atoms with van der Waals surface area (Å²) < 4.78 is 11.2. The highest BCUT2D eigenvalue weighted by Crippen LogP contribution is 2.23. The zero-order valence-electron chi connectivity index (χ0n) is 34.8. The third kappa shape index (κ3) is 27.1. The third-order valence-electron chi connectivity index (χ3n) is 9.76. The lowest BCUT2D eigenvalue weighted by atomic mass is 9.99. The lowest BCUT2D eigenvalue weighted by Crippen LogP contribution is -2.60. The monoisotopic (exact) mass is 786 g/mol. The van der Waals surface area contributed by atoms with Crippen molar-refractivity contribution < 1.29 is 39.8 Å². The van der Waals surface area contributed by atoms with Crippen molar-refractivity contribution in [2.75, 3.05) is 13.2 Å². The summed E-state index contributed by atoms with van der Waals surface area (Å²) in [6.45, 7) is 3.64. The molecule has 0 aromatic rings. The van der Waals surface area contributed by atoms with Crippen LogP contribution in [0.2, 0.25) is 0 Å². The smallest absolute Gasteiger partial charge is 0.220 e. The fraction of sp³-hybridized carbons (Fsp3) is 0.681. The number of carbonyl (C=O) groups excluding carboxylic acids is 1. The van der Waals surface area contributed by atoms with E-state index in [-0.39, 0.29) is 18.9 Å². The summed E-state index contributed by atoms with van der Waals surface area (Å²) >= 11 is 0. The Bertz CT molecular complexity index is 1140. The first-order valence-corrected chi connectivity index (χ1v) is 21.8. The maximum Gasteiger partial charge on any atom is 0.220 e. The number of aliphatic hydroxyl groups excluding tert-OH is 5. The molecule has 7 atom stereocenters. The molecule has 0 aromatic carbocycles. The summed E-state index contributed by atoms with van der Waals surface area (Å²) in [4.78, 5) is 12.9. The Hall–Kier alpha value is -2.63. The summed E-state index contributed by atoms with van der Waals surface area (Å²) in [5.41, 5.74) is 0. The number of amides is 1. The number of hydrogen-bond acceptors (Lipinski definition) is 8. The summed E-state index contributed by atoms with van der Waals surface area (Å²) in [5.74, 6) is -0.208. The number of aliphatic hydroxyl groups is 5. The molecule has 1 rings (SSSR count). The van der Waals surface area contributed by atoms with Crippen LogP contribution in [-0.2, 0) is 14.3 Å². The van der Waals surface area contributed by atoms with Gasteiger partial charge in [-0.2, -0.15) is 0 Å². The van der Waals surface area contributed by atoms with Crippen LogP contribution in [0.4, 0.5) is 0 Å². The van der Waals surface area contributed by atoms with Crippen LogP contribution >= 0.6 is 0 Å². The zero-order valence-corrected chi connectivity index (χ0v) is 34.8. The molecule has 6 N–H and O–H groups in total. The van der Waals surface area contributed by atoms with Crippen molar-refractivity contribution in [3.63, 3.8) is 0 Å². The van der Waals surface area contributed by atoms with Gasteiger partial charge in [0.2, 0.25) is 5.91 Å². The Kier molecular flexibility index (Phi) is 33.7. The van der Waals surface area contributed by atoms with Gasteiger partial charge in [0.25, 0.3) is 0 Å². The first-order chi connectivity index (χ1) is 27.3. The number of nitrogens with one attached hydrogen (secondary N) is 1. The quantitative estimate of drug-likeness (QED) is 0.0280. The maximum atomic E-state index is 12.9. The van der Waals surface area contributed by atoms with E-state index in [2.05, 4.69) is 104 Å². The van der Waals surface area contributed by atoms with Gasteiger partial charge in [0, 0.05) is 6.42 Å². The number of ether oxygens (including phenoxy) is 2. The molecule has 1 amide bonds. The molecule has 0 aromatic heterocycles. The third-order valence-corrected chi connectivity index (χ3v) is 9.76. The second-order valence-corrected chi connectivity index (χ2v) is 14.8. The number of allylic oxidation sites excluding steroid dienone is 14. The average Bonchev–Trinajstić information content (AvgIpc) is 3.20. The lowest BCUT2D eigenvalue weighted by molar-refractivity contribution is -0.302. The SMILES string of the molecule is CC/C=C\C/C=C\C/C=C\C/C=C\C/C=C\C/C=C\C/C=C\CCCC(=O)NC(COC1OC(CO)C(O)C(O)C1O)C(O)CCCCCCCCCCCC. The van der Waals surface area contributed by atoms with Crippen LogP contribution in [0, 0.1) is 0 Å². The first-order valence-electron chi connectivity index (χ1n) is 21.8. The van der Waals surface area contributed by atoms with Gasteiger partial charge in [-0.1, -0.05) is 163 Å². The fourth-order valence-electron chi connectivity index (χ4n) is 6.26. The molecule has 7 unspecified atom stereocenters. The van der Waals surface area contributed by atoms with Crippen LogP contribution in [0.25, 0.3) is 0 Å². The zero-order chi connectivity index (χ0) is 40.9. The highest BCUT2D eigenvalue weighted by molar-refractivity contribution is 5.76. The van der Waals surface area contributed by atoms with E-state index in [1.807, 2.05) is 0 Å². The molecule has 9 heteroatoms. The molecule has 0 spiro atoms. The molecular formula is C47H79NO8. The van der Waals surface area contributed by atoms with Crippen LogP contribution in [0.3, 0.4) is 0 Å². The maximum absolute atomic E-state index is 12.9. The molecule has 0 aliphatic carbocycles. The van der Waals surface area contributed by atoms with Crippen LogP contribution < -0.4 is 5.32 Å². The van der Waals surface area contributed by atoms with E-state index in [0.29, 0.717) is 12.8 Å². The topological polar surface area (TPSA) is 149 Å². The Balaban J connectivity index is 2.38. The first kappa shape index (κ1) is 51.4. The van der Waals surface area contributed by atoms with Crippen molar-refractivity contribution in [2.45, 2.75) is 192 Å². The molecule has 320 valence electrons. The van der Waals surface area contributed by atoms with Crippen molar-refractivity contribution in [3.8, 4) is 0 Å². The fourth-order valence-corrected chi connectivity index (χ4v) is 6.26. The predicted octanol–water partition coefficient (Wildman–Crippen LogP) is 8.77. The van der Waals surface area contributed by atoms with E-state index in [1.165, 1.54) is 44.9 Å². The number of unbranched alkanes of at least 4 members (excludes halogenated alkanes) is 10. The van der Waals surface area contributed by atoms with E-state index >= 15 is 0 Å². The summed E-state index contributed by atoms with van der Waals surface area (Å²) in [6, 6.07) is -0.753. The highest BCUT2D eigenvalue weighted by atomic mass is 16.7. The molecule has 0 radical (unpaired) electrons. The van der Waals surface area contributed by atoms with Crippen LogP contribution in [0.15, 0.2) is 85.1 Å². The number of carbonyl (C=O) groups is 1. The molecule has 0 saturated carbocycles. The van der Waals surface area contributed by atoms with Crippen molar-refractivity contribution in [1.29, 1.82) is 0 Å². The summed E-state index contributed by atoms with van der Waals surface area (Å²) in [5, 5.41) is 54.1. The van der Waals surface area contributed by atoms with E-state index in [1.54, 1.807) is 0 Å². The normalized spacial score (nSPS) is 22.0. The Morgan fingerprint density at radius 3 is 1.57 bits per heavy atom. The minimum atomic E-state index is -1.57. The van der Waals surface area contributed by atoms with Gasteiger partial charge in [0.1, 0.15) is 24.4 Å². The second-order valence-electron chi connectivity index (χ2n) is 14.8. The molecule has 0 bridgehead atoms. The molecule has 1 aliphatic heterocycles. The van der Waals surface area contributed by atoms with Gasteiger partial charge >= 0.3 is 0 Å². The van der Waals surface area contributed by atoms with Gasteiger partial charge in [-0.05, 0) is 64.2 Å². The Morgan fingerprint density at radius 1 is 0.625 bits per heavy atom. The minimum Gasteiger partial charge on any atom is -0.394 e. The van der Waals surface area contributed by atoms with Crippen LogP contribution in [0.5, 0.6) is 0 Å². The molecule has 1 saturated heterocycles. The Labute approximate surface area is 340 Å². The van der Waals surface area contributed by atoms with E-state index in [9.17, 15) is 30.3 Å². The van der Waals surface area contributed by atoms with Gasteiger partial charge in [0.05, 0.1) is 25.4 Å². The van der Waals surface area contributed by atoms with Crippen molar-refractivity contribution in [1.82, 2.24) is 5.32 Å². The van der Waals surface area contributed by atoms with Crippen molar-refractivity contribution in [2.24, 2.45) is 0 Å². The molecule has 1 fully saturated rings. The van der Waals surface area contributed by atoms with Crippen LogP contribution in [-0.4, -0.2) is 87.5 Å². The van der Waals surface area contributed by atoms with Gasteiger partial charge in [-0.25, -0.2) is 0 Å². The average molecular weight is 786 g/mol. The predicted molar refractivity (Wildman–Crippen MR) is 230 cm³/mol. The highest BCUT2D eigenvalue weighted by Gasteiger charge is 2.44. The largest absolute Gasteiger partial charge is 0.394 e. The van der Waals surface area contributed by atoms with Gasteiger partial charge < -0.3 is 40.3 Å². The van der Waals surface area contributed by atoms with Gasteiger partial charge in [-0.15, -0.1) is 0 Å². The summed E-state index contributed by atoms with van der Waals surface area (Å²) in [7, 11) is 0. The van der Waals surface area contributed by atoms with E-state index < -0.39 is 49.5 Å². The minimum absolute atomic E-state index is 0.167. The second kappa shape index (κ2) is 36.7. The molecule has 1 aliphatic rings. The number of hydrogen-bond donors (Lipinski definition) is 6. The molecule has 9 nitrogen and oxygen atoms in total. The van der Waals surface area contributed by atoms with Gasteiger partial charge in [-0.3, -0.25) is 4.79 Å². The van der Waals surface area contributed by atoms with Crippen molar-refractivity contribution >= 4 is 5.91 Å². The van der Waals surface area contributed by atoms with E-state index in [4.69, 9.17) is 9.47 Å².